The number of ketones is 2. The van der Waals surface area contributed by atoms with E-state index in [-0.39, 0.29) is 47.6 Å². The van der Waals surface area contributed by atoms with E-state index in [1.807, 2.05) is 52.8 Å². The van der Waals surface area contributed by atoms with Gasteiger partial charge in [-0.2, -0.15) is 0 Å². The predicted octanol–water partition coefficient (Wildman–Crippen LogP) is 7.03. The minimum absolute atomic E-state index is 0.00799. The van der Waals surface area contributed by atoms with Gasteiger partial charge in [0.05, 0.1) is 17.8 Å². The Morgan fingerprint density at radius 1 is 1.02 bits per heavy atom. The summed E-state index contributed by atoms with van der Waals surface area (Å²) in [6.07, 6.45) is 15.3. The zero-order chi connectivity index (χ0) is 39.2. The van der Waals surface area contributed by atoms with Crippen molar-refractivity contribution < 1.29 is 38.4 Å². The third-order valence-corrected chi connectivity index (χ3v) is 11.8. The van der Waals surface area contributed by atoms with Crippen molar-refractivity contribution in [3.63, 3.8) is 0 Å². The minimum Gasteiger partial charge on any atom is -0.506 e. The van der Waals surface area contributed by atoms with Crippen molar-refractivity contribution >= 4 is 23.6 Å². The van der Waals surface area contributed by atoms with Gasteiger partial charge in [0.1, 0.15) is 28.4 Å². The largest absolute Gasteiger partial charge is 0.506 e. The zero-order valence-corrected chi connectivity index (χ0v) is 33.3. The molecule has 5 atom stereocenters. The van der Waals surface area contributed by atoms with Gasteiger partial charge in [-0.3, -0.25) is 9.59 Å². The van der Waals surface area contributed by atoms with Gasteiger partial charge < -0.3 is 35.1 Å². The van der Waals surface area contributed by atoms with Crippen molar-refractivity contribution in [3.8, 4) is 17.2 Å². The van der Waals surface area contributed by atoms with Gasteiger partial charge in [0.15, 0.2) is 22.8 Å². The molecule has 1 saturated carbocycles. The van der Waals surface area contributed by atoms with Crippen LogP contribution in [-0.4, -0.2) is 71.3 Å². The van der Waals surface area contributed by atoms with E-state index in [1.54, 1.807) is 19.1 Å². The normalized spacial score (nSPS) is 28.3. The molecule has 3 heterocycles. The quantitative estimate of drug-likeness (QED) is 0.0741. The molecule has 10 heteroatoms. The number of ether oxygens (including phenoxy) is 4. The average Bonchev–Trinajstić information content (AvgIpc) is 3.26. The second-order valence-electron chi connectivity index (χ2n) is 16.8. The summed E-state index contributed by atoms with van der Waals surface area (Å²) in [5.74, 6) is -1.49. The van der Waals surface area contributed by atoms with Crippen LogP contribution in [0.15, 0.2) is 52.7 Å². The van der Waals surface area contributed by atoms with Crippen LogP contribution >= 0.6 is 0 Å². The molecule has 2 fully saturated rings. The van der Waals surface area contributed by atoms with E-state index < -0.39 is 34.3 Å². The number of aromatic hydroxyl groups is 1. The minimum atomic E-state index is -1.60. The van der Waals surface area contributed by atoms with Crippen molar-refractivity contribution in [1.29, 1.82) is 0 Å². The molecular formula is C44H58N2O8. The smallest absolute Gasteiger partial charge is 0.333 e. The lowest BCUT2D eigenvalue weighted by Gasteiger charge is -2.56. The summed E-state index contributed by atoms with van der Waals surface area (Å²) in [7, 11) is 0. The van der Waals surface area contributed by atoms with Crippen LogP contribution in [0.4, 0.5) is 0 Å². The first-order valence-corrected chi connectivity index (χ1v) is 19.5. The van der Waals surface area contributed by atoms with Gasteiger partial charge >= 0.3 is 5.97 Å². The summed E-state index contributed by atoms with van der Waals surface area (Å²) in [6, 6.07) is 0. The fourth-order valence-electron chi connectivity index (χ4n) is 9.03. The third kappa shape index (κ3) is 6.68. The second kappa shape index (κ2) is 14.9. The van der Waals surface area contributed by atoms with Crippen LogP contribution in [-0.2, 0) is 25.5 Å². The molecule has 1 aromatic rings. The van der Waals surface area contributed by atoms with Crippen LogP contribution in [0.1, 0.15) is 115 Å². The number of unbranched alkanes of at least 4 members (excludes halogenated alkanes) is 1. The molecule has 1 aromatic carbocycles. The Hall–Kier alpha value is -3.99. The van der Waals surface area contributed by atoms with Crippen LogP contribution in [0.3, 0.4) is 0 Å². The number of benzene rings is 1. The highest BCUT2D eigenvalue weighted by molar-refractivity contribution is 6.19. The maximum absolute atomic E-state index is 15.0. The molecule has 0 amide bonds. The van der Waals surface area contributed by atoms with Crippen LogP contribution in [0.25, 0.3) is 6.08 Å². The molecule has 0 aromatic heterocycles. The van der Waals surface area contributed by atoms with Gasteiger partial charge in [-0.25, -0.2) is 4.79 Å². The highest BCUT2D eigenvalue weighted by Gasteiger charge is 2.81. The molecule has 4 N–H and O–H groups in total. The Morgan fingerprint density at radius 3 is 2.46 bits per heavy atom. The molecule has 54 heavy (non-hydrogen) atoms. The Bertz CT molecular complexity index is 1880. The molecule has 6 aliphatic rings. The van der Waals surface area contributed by atoms with E-state index in [2.05, 4.69) is 25.2 Å². The third-order valence-electron chi connectivity index (χ3n) is 11.8. The topological polar surface area (TPSA) is 146 Å². The summed E-state index contributed by atoms with van der Waals surface area (Å²) >= 11 is 0. The number of Topliss-reactive ketones (excluding diaryl/α,β-unsaturated/α-hetero) is 2. The summed E-state index contributed by atoms with van der Waals surface area (Å²) in [5, 5.41) is 15.2. The number of nitrogens with two attached hydrogens (primary N) is 1. The number of nitrogens with one attached hydrogen (secondary N) is 1. The standard InChI is InChI=1S/C44H58N2O8/c1-26(2)12-11-17-42(8)18-16-30-35(47)34-36(48)32-24-29-25-33-41(6,7)54-43(39(29)49,19-15-28(5)40(50)51-23-10-9-21-46-22-20-45)44(32,33)53-38(34)31(37(30)52-42)14-13-27(3)4/h12-13,15-16,18,24,29,33,46-47H,9-11,14,17,19-23,25,45H2,1-8H3/b28-15-. The highest BCUT2D eigenvalue weighted by atomic mass is 16.6. The SMILES string of the molecule is CC(C)=CCCC1(C)C=Cc2c(O)c3c(c(CC=C(C)C)c2O1)OC12C(=CC4CC1C(C)(C)OC2(C/C=C(/C)C(=O)OCCCCNCCN)C4=O)C3=O. The number of hydrogen-bond donors (Lipinski definition) is 3. The van der Waals surface area contributed by atoms with Crippen molar-refractivity contribution in [3.05, 3.63) is 69.4 Å². The number of fused-ring (bicyclic) bond motifs is 2. The maximum Gasteiger partial charge on any atom is 0.333 e. The Morgan fingerprint density at radius 2 is 1.76 bits per heavy atom. The number of rotatable bonds is 15. The van der Waals surface area contributed by atoms with E-state index in [9.17, 15) is 19.5 Å². The van der Waals surface area contributed by atoms with Crippen LogP contribution in [0, 0.1) is 11.8 Å². The lowest BCUT2D eigenvalue weighted by Crippen LogP contribution is -2.72. The lowest BCUT2D eigenvalue weighted by atomic mass is 9.51. The van der Waals surface area contributed by atoms with Gasteiger partial charge in [-0.15, -0.1) is 0 Å². The number of phenolic OH excluding ortho intramolecular Hbond substituents is 1. The fraction of sp³-hybridized carbons (Fsp3) is 0.568. The Balaban J connectivity index is 1.41. The second-order valence-corrected chi connectivity index (χ2v) is 16.8. The van der Waals surface area contributed by atoms with Crippen molar-refractivity contribution in [2.24, 2.45) is 17.6 Å². The highest BCUT2D eigenvalue weighted by Crippen LogP contribution is 2.68. The van der Waals surface area contributed by atoms with Crippen LogP contribution < -0.4 is 20.5 Å². The average molecular weight is 743 g/mol. The molecular weight excluding hydrogens is 684 g/mol. The monoisotopic (exact) mass is 742 g/mol. The number of carbonyl (C=O) groups excluding carboxylic acids is 3. The van der Waals surface area contributed by atoms with Gasteiger partial charge in [0.25, 0.3) is 0 Å². The van der Waals surface area contributed by atoms with Crippen molar-refractivity contribution in [2.75, 3.05) is 26.2 Å². The van der Waals surface area contributed by atoms with Crippen molar-refractivity contribution in [1.82, 2.24) is 5.32 Å². The van der Waals surface area contributed by atoms with E-state index in [0.29, 0.717) is 60.3 Å². The first kappa shape index (κ1) is 39.7. The van der Waals surface area contributed by atoms with Crippen LogP contribution in [0.2, 0.25) is 0 Å². The number of allylic oxidation sites excluding steroid dienone is 5. The molecule has 10 nitrogen and oxygen atoms in total. The van der Waals surface area contributed by atoms with E-state index in [1.165, 1.54) is 5.57 Å². The lowest BCUT2D eigenvalue weighted by molar-refractivity contribution is -0.171. The molecule has 7 rings (SSSR count). The molecule has 0 radical (unpaired) electrons. The number of esters is 1. The van der Waals surface area contributed by atoms with Gasteiger partial charge in [0, 0.05) is 48.1 Å². The number of phenols is 1. The van der Waals surface area contributed by atoms with Crippen molar-refractivity contribution in [2.45, 2.75) is 123 Å². The molecule has 5 unspecified atom stereocenters. The molecule has 3 aliphatic carbocycles. The summed E-state index contributed by atoms with van der Waals surface area (Å²) in [5.41, 5.74) is 5.00. The number of hydrogen-bond acceptors (Lipinski definition) is 10. The summed E-state index contributed by atoms with van der Waals surface area (Å²) in [4.78, 5) is 42.7. The molecule has 4 bridgehead atoms. The summed E-state index contributed by atoms with van der Waals surface area (Å²) < 4.78 is 26.5. The van der Waals surface area contributed by atoms with E-state index in [4.69, 9.17) is 24.7 Å². The number of carbonyl (C=O) groups is 3. The van der Waals surface area contributed by atoms with E-state index in [0.717, 1.165) is 31.5 Å². The van der Waals surface area contributed by atoms with Crippen LogP contribution in [0.5, 0.6) is 17.2 Å². The molecule has 292 valence electrons. The summed E-state index contributed by atoms with van der Waals surface area (Å²) in [6.45, 7) is 18.1. The molecule has 1 spiro atoms. The predicted molar refractivity (Wildman–Crippen MR) is 209 cm³/mol. The fourth-order valence-corrected chi connectivity index (χ4v) is 9.03. The Labute approximate surface area is 319 Å². The first-order valence-electron chi connectivity index (χ1n) is 19.5. The molecule has 1 saturated heterocycles. The zero-order valence-electron chi connectivity index (χ0n) is 33.3. The van der Waals surface area contributed by atoms with Gasteiger partial charge in [0.2, 0.25) is 0 Å². The molecule has 3 aliphatic heterocycles. The first-order chi connectivity index (χ1) is 25.5. The Kier molecular flexibility index (Phi) is 11.0. The van der Waals surface area contributed by atoms with Gasteiger partial charge in [-0.1, -0.05) is 35.5 Å². The van der Waals surface area contributed by atoms with Gasteiger partial charge in [-0.05, 0) is 113 Å². The maximum atomic E-state index is 15.0. The van der Waals surface area contributed by atoms with E-state index >= 15 is 0 Å².